The normalized spacial score (nSPS) is 30.0. The Bertz CT molecular complexity index is 435. The molecule has 3 rings (SSSR count). The zero-order valence-electron chi connectivity index (χ0n) is 10.5. The fourth-order valence-corrected chi connectivity index (χ4v) is 4.22. The molecule has 3 heteroatoms. The Morgan fingerprint density at radius 2 is 2.17 bits per heavy atom. The van der Waals surface area contributed by atoms with Crippen molar-refractivity contribution in [2.24, 2.45) is 17.8 Å². The largest absolute Gasteiger partial charge is 0.312 e. The molecule has 0 saturated heterocycles. The van der Waals surface area contributed by atoms with Gasteiger partial charge >= 0.3 is 0 Å². The lowest BCUT2D eigenvalue weighted by molar-refractivity contribution is 0.318. The van der Waals surface area contributed by atoms with Crippen molar-refractivity contribution in [2.45, 2.75) is 32.2 Å². The molecule has 0 spiro atoms. The van der Waals surface area contributed by atoms with Gasteiger partial charge in [-0.25, -0.2) is 0 Å². The van der Waals surface area contributed by atoms with E-state index in [4.69, 9.17) is 11.6 Å². The van der Waals surface area contributed by atoms with E-state index in [0.29, 0.717) is 0 Å². The first-order chi connectivity index (χ1) is 8.72. The second kappa shape index (κ2) is 5.52. The summed E-state index contributed by atoms with van der Waals surface area (Å²) in [5.74, 6) is 2.99. The van der Waals surface area contributed by atoms with Gasteiger partial charge < -0.3 is 5.32 Å². The van der Waals surface area contributed by atoms with Gasteiger partial charge in [0.1, 0.15) is 0 Å². The summed E-state index contributed by atoms with van der Waals surface area (Å²) in [6.07, 6.45) is 5.93. The summed E-state index contributed by atoms with van der Waals surface area (Å²) in [6.45, 7) is 2.13. The molecule has 3 atom stereocenters. The molecule has 18 heavy (non-hydrogen) atoms. The highest BCUT2D eigenvalue weighted by atomic mass is 79.9. The molecule has 3 unspecified atom stereocenters. The lowest BCUT2D eigenvalue weighted by atomic mass is 9.89. The highest BCUT2D eigenvalue weighted by Crippen LogP contribution is 2.47. The minimum atomic E-state index is 0.784. The first-order valence-electron chi connectivity index (χ1n) is 6.87. The van der Waals surface area contributed by atoms with Gasteiger partial charge in [0.05, 0.1) is 5.02 Å². The summed E-state index contributed by atoms with van der Waals surface area (Å²) >= 11 is 9.46. The van der Waals surface area contributed by atoms with E-state index in [1.165, 1.54) is 37.8 Å². The first kappa shape index (κ1) is 13.0. The molecule has 0 radical (unpaired) electrons. The van der Waals surface area contributed by atoms with Gasteiger partial charge in [-0.15, -0.1) is 0 Å². The zero-order valence-corrected chi connectivity index (χ0v) is 12.8. The molecule has 0 aliphatic heterocycles. The van der Waals surface area contributed by atoms with E-state index in [2.05, 4.69) is 33.4 Å². The maximum atomic E-state index is 5.99. The molecular weight excluding hydrogens is 310 g/mol. The number of halogens is 2. The van der Waals surface area contributed by atoms with Gasteiger partial charge in [-0.2, -0.15) is 0 Å². The van der Waals surface area contributed by atoms with Gasteiger partial charge in [-0.3, -0.25) is 0 Å². The molecule has 1 N–H and O–H groups in total. The van der Waals surface area contributed by atoms with E-state index in [0.717, 1.165) is 33.8 Å². The first-order valence-corrected chi connectivity index (χ1v) is 8.04. The quantitative estimate of drug-likeness (QED) is 0.850. The number of benzene rings is 1. The highest BCUT2D eigenvalue weighted by Gasteiger charge is 2.38. The predicted molar refractivity (Wildman–Crippen MR) is 79.8 cm³/mol. The number of nitrogens with one attached hydrogen (secondary N) is 1. The van der Waals surface area contributed by atoms with Crippen molar-refractivity contribution in [1.82, 2.24) is 5.32 Å². The molecule has 2 fully saturated rings. The van der Waals surface area contributed by atoms with E-state index in [1.807, 2.05) is 6.07 Å². The van der Waals surface area contributed by atoms with Crippen LogP contribution in [0.3, 0.4) is 0 Å². The average molecular weight is 329 g/mol. The Morgan fingerprint density at radius 3 is 2.83 bits per heavy atom. The summed E-state index contributed by atoms with van der Waals surface area (Å²) < 4.78 is 0.989. The second-order valence-corrected chi connectivity index (χ2v) is 7.08. The SMILES string of the molecule is Clc1ccc(CNCC2CC3CCC2C3)cc1Br. The second-order valence-electron chi connectivity index (χ2n) is 5.81. The smallest absolute Gasteiger partial charge is 0.0548 e. The van der Waals surface area contributed by atoms with Crippen molar-refractivity contribution in [3.63, 3.8) is 0 Å². The topological polar surface area (TPSA) is 12.0 Å². The lowest BCUT2D eigenvalue weighted by Crippen LogP contribution is -2.26. The molecule has 2 aliphatic rings. The van der Waals surface area contributed by atoms with Crippen molar-refractivity contribution in [3.05, 3.63) is 33.3 Å². The Hall–Kier alpha value is -0.0500. The van der Waals surface area contributed by atoms with Crippen LogP contribution in [-0.2, 0) is 6.54 Å². The molecule has 2 saturated carbocycles. The van der Waals surface area contributed by atoms with Crippen molar-refractivity contribution in [2.75, 3.05) is 6.54 Å². The van der Waals surface area contributed by atoms with Gasteiger partial charge in [-0.1, -0.05) is 24.1 Å². The average Bonchev–Trinajstić information content (AvgIpc) is 2.96. The lowest BCUT2D eigenvalue weighted by Gasteiger charge is -2.21. The van der Waals surface area contributed by atoms with Crippen LogP contribution in [0.15, 0.2) is 22.7 Å². The molecule has 1 aromatic carbocycles. The van der Waals surface area contributed by atoms with E-state index < -0.39 is 0 Å². The Labute approximate surface area is 122 Å². The van der Waals surface area contributed by atoms with Crippen LogP contribution < -0.4 is 5.32 Å². The number of rotatable bonds is 4. The van der Waals surface area contributed by atoms with E-state index in [-0.39, 0.29) is 0 Å². The zero-order chi connectivity index (χ0) is 12.5. The van der Waals surface area contributed by atoms with Crippen LogP contribution in [0, 0.1) is 17.8 Å². The molecule has 98 valence electrons. The minimum absolute atomic E-state index is 0.784. The molecular formula is C15H19BrClN. The van der Waals surface area contributed by atoms with Crippen molar-refractivity contribution >= 4 is 27.5 Å². The minimum Gasteiger partial charge on any atom is -0.312 e. The van der Waals surface area contributed by atoms with Crippen LogP contribution in [0.4, 0.5) is 0 Å². The molecule has 0 amide bonds. The van der Waals surface area contributed by atoms with Gasteiger partial charge in [0.2, 0.25) is 0 Å². The Morgan fingerprint density at radius 1 is 1.28 bits per heavy atom. The fraction of sp³-hybridized carbons (Fsp3) is 0.600. The van der Waals surface area contributed by atoms with E-state index in [1.54, 1.807) is 0 Å². The van der Waals surface area contributed by atoms with Crippen LogP contribution in [0.5, 0.6) is 0 Å². The monoisotopic (exact) mass is 327 g/mol. The summed E-state index contributed by atoms with van der Waals surface area (Å²) in [4.78, 5) is 0. The number of hydrogen-bond acceptors (Lipinski definition) is 1. The summed E-state index contributed by atoms with van der Waals surface area (Å²) in [7, 11) is 0. The van der Waals surface area contributed by atoms with Crippen molar-refractivity contribution in [1.29, 1.82) is 0 Å². The third kappa shape index (κ3) is 2.76. The van der Waals surface area contributed by atoms with Crippen molar-refractivity contribution in [3.8, 4) is 0 Å². The third-order valence-electron chi connectivity index (χ3n) is 4.60. The third-order valence-corrected chi connectivity index (χ3v) is 5.82. The molecule has 1 aromatic rings. The van der Waals surface area contributed by atoms with Gasteiger partial charge in [-0.05, 0) is 77.2 Å². The maximum Gasteiger partial charge on any atom is 0.0548 e. The van der Waals surface area contributed by atoms with Crippen molar-refractivity contribution < 1.29 is 0 Å². The molecule has 2 aliphatic carbocycles. The molecule has 0 heterocycles. The van der Waals surface area contributed by atoms with Gasteiger partial charge in [0.25, 0.3) is 0 Å². The van der Waals surface area contributed by atoms with E-state index >= 15 is 0 Å². The van der Waals surface area contributed by atoms with Gasteiger partial charge in [0, 0.05) is 11.0 Å². The van der Waals surface area contributed by atoms with Gasteiger partial charge in [0.15, 0.2) is 0 Å². The molecule has 0 aromatic heterocycles. The highest BCUT2D eigenvalue weighted by molar-refractivity contribution is 9.10. The molecule has 2 bridgehead atoms. The molecule has 1 nitrogen and oxygen atoms in total. The van der Waals surface area contributed by atoms with Crippen LogP contribution in [0.2, 0.25) is 5.02 Å². The predicted octanol–water partition coefficient (Wildman–Crippen LogP) is 4.63. The maximum absolute atomic E-state index is 5.99. The van der Waals surface area contributed by atoms with Crippen LogP contribution >= 0.6 is 27.5 Å². The number of fused-ring (bicyclic) bond motifs is 2. The van der Waals surface area contributed by atoms with E-state index in [9.17, 15) is 0 Å². The summed E-state index contributed by atoms with van der Waals surface area (Å²) in [6, 6.07) is 6.16. The summed E-state index contributed by atoms with van der Waals surface area (Å²) in [5, 5.41) is 4.40. The Kier molecular flexibility index (Phi) is 3.97. The van der Waals surface area contributed by atoms with Crippen LogP contribution in [0.25, 0.3) is 0 Å². The van der Waals surface area contributed by atoms with Crippen LogP contribution in [-0.4, -0.2) is 6.54 Å². The standard InChI is InChI=1S/C15H19BrClN/c16-14-7-11(2-4-15(14)17)8-18-9-13-6-10-1-3-12(13)5-10/h2,4,7,10,12-13,18H,1,3,5-6,8-9H2. The fourth-order valence-electron chi connectivity index (χ4n) is 3.68. The number of hydrogen-bond donors (Lipinski definition) is 1. The Balaban J connectivity index is 1.48. The summed E-state index contributed by atoms with van der Waals surface area (Å²) in [5.41, 5.74) is 1.30. The van der Waals surface area contributed by atoms with Crippen LogP contribution in [0.1, 0.15) is 31.2 Å².